The van der Waals surface area contributed by atoms with Crippen LogP contribution in [-0.4, -0.2) is 28.6 Å². The average molecular weight is 293 g/mol. The van der Waals surface area contributed by atoms with Gasteiger partial charge in [-0.25, -0.2) is 0 Å². The monoisotopic (exact) mass is 292 g/mol. The lowest BCUT2D eigenvalue weighted by Gasteiger charge is -2.17. The maximum absolute atomic E-state index is 5.88. The summed E-state index contributed by atoms with van der Waals surface area (Å²) in [6.45, 7) is 5.11. The van der Waals surface area contributed by atoms with Crippen LogP contribution in [0.2, 0.25) is 5.28 Å². The molecule has 0 fully saturated rings. The number of ether oxygens (including phenoxy) is 1. The molecule has 5 nitrogen and oxygen atoms in total. The molecule has 0 unspecified atom stereocenters. The number of aromatic nitrogens is 3. The van der Waals surface area contributed by atoms with Crippen LogP contribution in [0.25, 0.3) is 0 Å². The fraction of sp³-hybridized carbons (Fsp3) is 0.357. The van der Waals surface area contributed by atoms with Gasteiger partial charge in [0.2, 0.25) is 11.2 Å². The quantitative estimate of drug-likeness (QED) is 0.848. The molecule has 20 heavy (non-hydrogen) atoms. The van der Waals surface area contributed by atoms with Gasteiger partial charge in [0, 0.05) is 13.6 Å². The Hall–Kier alpha value is -1.88. The van der Waals surface area contributed by atoms with Crippen molar-refractivity contribution in [2.24, 2.45) is 0 Å². The maximum atomic E-state index is 5.88. The van der Waals surface area contributed by atoms with E-state index < -0.39 is 0 Å². The van der Waals surface area contributed by atoms with Crippen LogP contribution in [-0.2, 0) is 6.54 Å². The van der Waals surface area contributed by atoms with E-state index in [4.69, 9.17) is 16.3 Å². The molecule has 0 radical (unpaired) electrons. The summed E-state index contributed by atoms with van der Waals surface area (Å²) in [5.41, 5.74) is 2.41. The van der Waals surface area contributed by atoms with Gasteiger partial charge >= 0.3 is 6.01 Å². The van der Waals surface area contributed by atoms with Crippen molar-refractivity contribution in [2.75, 3.05) is 18.6 Å². The van der Waals surface area contributed by atoms with Crippen molar-refractivity contribution >= 4 is 17.5 Å². The molecule has 0 amide bonds. The zero-order valence-corrected chi connectivity index (χ0v) is 12.6. The van der Waals surface area contributed by atoms with Crippen LogP contribution in [0.1, 0.15) is 18.1 Å². The lowest BCUT2D eigenvalue weighted by Crippen LogP contribution is -2.20. The molecule has 1 aromatic heterocycles. The van der Waals surface area contributed by atoms with Crippen molar-refractivity contribution in [3.63, 3.8) is 0 Å². The Morgan fingerprint density at radius 1 is 1.15 bits per heavy atom. The molecule has 6 heteroatoms. The van der Waals surface area contributed by atoms with E-state index in [-0.39, 0.29) is 11.3 Å². The van der Waals surface area contributed by atoms with E-state index in [1.807, 2.05) is 18.9 Å². The minimum absolute atomic E-state index is 0.134. The summed E-state index contributed by atoms with van der Waals surface area (Å²) < 4.78 is 5.27. The number of rotatable bonds is 5. The SMILES string of the molecule is CCOc1nc(Cl)nc(N(C)Cc2ccc(C)cc2)n1. The number of aryl methyl sites for hydroxylation is 1. The van der Waals surface area contributed by atoms with Crippen molar-refractivity contribution in [2.45, 2.75) is 20.4 Å². The normalized spacial score (nSPS) is 10.4. The summed E-state index contributed by atoms with van der Waals surface area (Å²) in [6.07, 6.45) is 0. The highest BCUT2D eigenvalue weighted by Crippen LogP contribution is 2.16. The summed E-state index contributed by atoms with van der Waals surface area (Å²) in [4.78, 5) is 14.2. The van der Waals surface area contributed by atoms with Crippen molar-refractivity contribution in [3.8, 4) is 6.01 Å². The highest BCUT2D eigenvalue weighted by atomic mass is 35.5. The molecule has 0 atom stereocenters. The smallest absolute Gasteiger partial charge is 0.322 e. The molecule has 106 valence electrons. The molecule has 0 saturated carbocycles. The molecule has 0 spiro atoms. The molecule has 0 aliphatic heterocycles. The van der Waals surface area contributed by atoms with Gasteiger partial charge in [0.05, 0.1) is 6.61 Å². The van der Waals surface area contributed by atoms with Gasteiger partial charge in [0.25, 0.3) is 0 Å². The minimum atomic E-state index is 0.134. The maximum Gasteiger partial charge on any atom is 0.322 e. The number of hydrogen-bond donors (Lipinski definition) is 0. The highest BCUT2D eigenvalue weighted by Gasteiger charge is 2.10. The molecule has 1 aromatic carbocycles. The van der Waals surface area contributed by atoms with Crippen molar-refractivity contribution in [1.82, 2.24) is 15.0 Å². The Balaban J connectivity index is 2.15. The van der Waals surface area contributed by atoms with Crippen molar-refractivity contribution < 1.29 is 4.74 Å². The topological polar surface area (TPSA) is 51.1 Å². The summed E-state index contributed by atoms with van der Waals surface area (Å²) in [7, 11) is 1.90. The molecule has 2 aromatic rings. The van der Waals surface area contributed by atoms with Gasteiger partial charge < -0.3 is 9.64 Å². The van der Waals surface area contributed by atoms with E-state index in [9.17, 15) is 0 Å². The third-order valence-electron chi connectivity index (χ3n) is 2.73. The third-order valence-corrected chi connectivity index (χ3v) is 2.90. The molecular weight excluding hydrogens is 276 g/mol. The highest BCUT2D eigenvalue weighted by molar-refractivity contribution is 6.28. The van der Waals surface area contributed by atoms with Crippen molar-refractivity contribution in [1.29, 1.82) is 0 Å². The first-order chi connectivity index (χ1) is 9.58. The number of nitrogens with zero attached hydrogens (tertiary/aromatic N) is 4. The van der Waals surface area contributed by atoms with Gasteiger partial charge in [0.1, 0.15) is 0 Å². The Labute approximate surface area is 123 Å². The fourth-order valence-corrected chi connectivity index (χ4v) is 1.87. The van der Waals surface area contributed by atoms with Crippen LogP contribution < -0.4 is 9.64 Å². The van der Waals surface area contributed by atoms with Gasteiger partial charge in [-0.2, -0.15) is 15.0 Å². The molecule has 0 aliphatic carbocycles. The second kappa shape index (κ2) is 6.52. The zero-order chi connectivity index (χ0) is 14.5. The van der Waals surface area contributed by atoms with Gasteiger partial charge in [-0.15, -0.1) is 0 Å². The van der Waals surface area contributed by atoms with Crippen LogP contribution in [0.5, 0.6) is 6.01 Å². The van der Waals surface area contributed by atoms with Crippen molar-refractivity contribution in [3.05, 3.63) is 40.7 Å². The second-order valence-electron chi connectivity index (χ2n) is 4.46. The fourth-order valence-electron chi connectivity index (χ4n) is 1.72. The third kappa shape index (κ3) is 3.81. The molecule has 0 aliphatic rings. The number of benzene rings is 1. The lowest BCUT2D eigenvalue weighted by molar-refractivity contribution is 0.311. The Kier molecular flexibility index (Phi) is 4.74. The van der Waals surface area contributed by atoms with Gasteiger partial charge in [0.15, 0.2) is 0 Å². The van der Waals surface area contributed by atoms with E-state index in [2.05, 4.69) is 46.1 Å². The molecule has 1 heterocycles. The number of halogens is 1. The standard InChI is InChI=1S/C14H17ClN4O/c1-4-20-14-17-12(15)16-13(18-14)19(3)9-11-7-5-10(2)6-8-11/h5-8H,4,9H2,1-3H3. The Morgan fingerprint density at radius 2 is 1.85 bits per heavy atom. The summed E-state index contributed by atoms with van der Waals surface area (Å²) in [5, 5.41) is 0.134. The van der Waals surface area contributed by atoms with E-state index in [0.717, 1.165) is 0 Å². The molecular formula is C14H17ClN4O. The van der Waals surface area contributed by atoms with E-state index >= 15 is 0 Å². The van der Waals surface area contributed by atoms with Crippen LogP contribution in [0.15, 0.2) is 24.3 Å². The van der Waals surface area contributed by atoms with Gasteiger partial charge in [-0.3, -0.25) is 0 Å². The second-order valence-corrected chi connectivity index (χ2v) is 4.80. The van der Waals surface area contributed by atoms with E-state index in [1.165, 1.54) is 11.1 Å². The number of anilines is 1. The predicted molar refractivity (Wildman–Crippen MR) is 79.3 cm³/mol. The zero-order valence-electron chi connectivity index (χ0n) is 11.8. The summed E-state index contributed by atoms with van der Waals surface area (Å²) >= 11 is 5.88. The lowest BCUT2D eigenvalue weighted by atomic mass is 10.1. The van der Waals surface area contributed by atoms with E-state index in [0.29, 0.717) is 19.1 Å². The molecule has 0 bridgehead atoms. The minimum Gasteiger partial charge on any atom is -0.464 e. The summed E-state index contributed by atoms with van der Waals surface area (Å²) in [6, 6.07) is 8.57. The van der Waals surface area contributed by atoms with E-state index in [1.54, 1.807) is 0 Å². The van der Waals surface area contributed by atoms with Gasteiger partial charge in [-0.1, -0.05) is 29.8 Å². The van der Waals surface area contributed by atoms with Gasteiger partial charge in [-0.05, 0) is 31.0 Å². The van der Waals surface area contributed by atoms with Crippen LogP contribution in [0.4, 0.5) is 5.95 Å². The predicted octanol–water partition coefficient (Wildman–Crippen LogP) is 2.87. The largest absolute Gasteiger partial charge is 0.464 e. The summed E-state index contributed by atoms with van der Waals surface area (Å²) in [5.74, 6) is 0.494. The molecule has 0 saturated heterocycles. The average Bonchev–Trinajstić information content (AvgIpc) is 2.41. The van der Waals surface area contributed by atoms with Crippen LogP contribution in [0, 0.1) is 6.92 Å². The molecule has 0 N–H and O–H groups in total. The first-order valence-electron chi connectivity index (χ1n) is 6.39. The van der Waals surface area contributed by atoms with Crippen LogP contribution >= 0.6 is 11.6 Å². The first kappa shape index (κ1) is 14.5. The molecule has 2 rings (SSSR count). The Bertz CT molecular complexity index is 574. The van der Waals surface area contributed by atoms with Crippen LogP contribution in [0.3, 0.4) is 0 Å². The first-order valence-corrected chi connectivity index (χ1v) is 6.77. The Morgan fingerprint density at radius 3 is 2.50 bits per heavy atom. The number of hydrogen-bond acceptors (Lipinski definition) is 5.